The van der Waals surface area contributed by atoms with Crippen molar-refractivity contribution in [2.24, 2.45) is 11.8 Å². The van der Waals surface area contributed by atoms with Gasteiger partial charge in [-0.15, -0.1) is 0 Å². The van der Waals surface area contributed by atoms with Crippen LogP contribution in [0.3, 0.4) is 0 Å². The first kappa shape index (κ1) is 12.5. The average molecular weight is 262 g/mol. The highest BCUT2D eigenvalue weighted by molar-refractivity contribution is 5.97. The molecular formula is C15H18O4. The Balaban J connectivity index is 2.08. The maximum atomic E-state index is 11.5. The van der Waals surface area contributed by atoms with Gasteiger partial charge in [0, 0.05) is 18.4 Å². The highest BCUT2D eigenvalue weighted by Gasteiger charge is 2.50. The van der Waals surface area contributed by atoms with Crippen molar-refractivity contribution in [1.29, 1.82) is 0 Å². The van der Waals surface area contributed by atoms with Crippen LogP contribution in [0.1, 0.15) is 36.7 Å². The predicted octanol–water partition coefficient (Wildman–Crippen LogP) is 2.53. The number of Topliss-reactive ketones (excluding diaryl/α,β-unsaturated/α-hetero) is 1. The molecule has 2 aliphatic heterocycles. The molecule has 3 atom stereocenters. The molecule has 1 N–H and O–H groups in total. The molecule has 4 nitrogen and oxygen atoms in total. The number of aromatic hydroxyl groups is 1. The molecule has 0 spiro atoms. The third-order valence-corrected chi connectivity index (χ3v) is 4.35. The van der Waals surface area contributed by atoms with E-state index < -0.39 is 5.79 Å². The first-order chi connectivity index (χ1) is 8.92. The van der Waals surface area contributed by atoms with Crippen LogP contribution in [0.15, 0.2) is 12.1 Å². The van der Waals surface area contributed by atoms with Gasteiger partial charge in [-0.1, -0.05) is 6.92 Å². The molecule has 0 unspecified atom stereocenters. The molecule has 2 heterocycles. The SMILES string of the molecule is CC(=O)c1ccc2c(c1O)C[C@@H]1[C@@H](C)CO[C@]1(C)O2. The van der Waals surface area contributed by atoms with Crippen LogP contribution in [-0.2, 0) is 11.2 Å². The van der Waals surface area contributed by atoms with Crippen LogP contribution in [0.2, 0.25) is 0 Å². The van der Waals surface area contributed by atoms with Crippen molar-refractivity contribution in [3.63, 3.8) is 0 Å². The molecule has 0 radical (unpaired) electrons. The van der Waals surface area contributed by atoms with Crippen molar-refractivity contribution in [2.45, 2.75) is 33.0 Å². The average Bonchev–Trinajstić information content (AvgIpc) is 2.63. The molecule has 3 rings (SSSR count). The number of ether oxygens (including phenoxy) is 2. The second kappa shape index (κ2) is 3.97. The van der Waals surface area contributed by atoms with Gasteiger partial charge in [0.15, 0.2) is 5.78 Å². The number of ketones is 1. The van der Waals surface area contributed by atoms with Crippen LogP contribution in [0.5, 0.6) is 11.5 Å². The Morgan fingerprint density at radius 1 is 1.47 bits per heavy atom. The van der Waals surface area contributed by atoms with Gasteiger partial charge >= 0.3 is 0 Å². The number of carbonyl (C=O) groups excluding carboxylic acids is 1. The lowest BCUT2D eigenvalue weighted by atomic mass is 9.81. The van der Waals surface area contributed by atoms with E-state index in [-0.39, 0.29) is 17.5 Å². The van der Waals surface area contributed by atoms with Crippen molar-refractivity contribution in [1.82, 2.24) is 0 Å². The zero-order valence-corrected chi connectivity index (χ0v) is 11.4. The van der Waals surface area contributed by atoms with E-state index in [1.807, 2.05) is 6.92 Å². The first-order valence-corrected chi connectivity index (χ1v) is 6.61. The molecule has 2 aliphatic rings. The number of phenolic OH excluding ortho intramolecular Hbond substituents is 1. The lowest BCUT2D eigenvalue weighted by Crippen LogP contribution is -2.43. The quantitative estimate of drug-likeness (QED) is 0.790. The Labute approximate surface area is 112 Å². The van der Waals surface area contributed by atoms with Gasteiger partial charge in [-0.2, -0.15) is 0 Å². The van der Waals surface area contributed by atoms with Gasteiger partial charge in [0.2, 0.25) is 5.79 Å². The summed E-state index contributed by atoms with van der Waals surface area (Å²) < 4.78 is 11.7. The van der Waals surface area contributed by atoms with E-state index in [0.29, 0.717) is 30.3 Å². The Bertz CT molecular complexity index is 551. The Morgan fingerprint density at radius 2 is 2.21 bits per heavy atom. The van der Waals surface area contributed by atoms with Gasteiger partial charge in [-0.25, -0.2) is 0 Å². The molecule has 1 fully saturated rings. The summed E-state index contributed by atoms with van der Waals surface area (Å²) in [6.07, 6.45) is 0.681. The van der Waals surface area contributed by atoms with Crippen molar-refractivity contribution in [2.75, 3.05) is 6.61 Å². The van der Waals surface area contributed by atoms with Crippen molar-refractivity contribution < 1.29 is 19.4 Å². The summed E-state index contributed by atoms with van der Waals surface area (Å²) >= 11 is 0. The summed E-state index contributed by atoms with van der Waals surface area (Å²) in [4.78, 5) is 11.5. The zero-order chi connectivity index (χ0) is 13.8. The molecule has 1 aromatic rings. The number of hydrogen-bond acceptors (Lipinski definition) is 4. The minimum atomic E-state index is -0.614. The smallest absolute Gasteiger partial charge is 0.211 e. The van der Waals surface area contributed by atoms with Crippen LogP contribution < -0.4 is 4.74 Å². The molecule has 102 valence electrons. The Morgan fingerprint density at radius 3 is 2.89 bits per heavy atom. The molecule has 19 heavy (non-hydrogen) atoms. The summed E-state index contributed by atoms with van der Waals surface area (Å²) in [5.41, 5.74) is 1.09. The lowest BCUT2D eigenvalue weighted by Gasteiger charge is -2.38. The van der Waals surface area contributed by atoms with Crippen molar-refractivity contribution in [3.8, 4) is 11.5 Å². The molecule has 0 amide bonds. The molecule has 1 saturated heterocycles. The van der Waals surface area contributed by atoms with Gasteiger partial charge in [-0.3, -0.25) is 4.79 Å². The normalized spacial score (nSPS) is 32.4. The second-order valence-corrected chi connectivity index (χ2v) is 5.71. The molecule has 0 aliphatic carbocycles. The number of benzene rings is 1. The van der Waals surface area contributed by atoms with E-state index in [2.05, 4.69) is 6.92 Å². The lowest BCUT2D eigenvalue weighted by molar-refractivity contribution is -0.166. The van der Waals surface area contributed by atoms with Gasteiger partial charge in [-0.05, 0) is 31.4 Å². The third-order valence-electron chi connectivity index (χ3n) is 4.35. The minimum absolute atomic E-state index is 0.0613. The standard InChI is InChI=1S/C15H18O4/c1-8-7-18-15(3)12(8)6-11-13(19-15)5-4-10(9(2)16)14(11)17/h4-5,8,12,17H,6-7H2,1-3H3/t8-,12+,15+/m0/s1. The molecule has 4 heteroatoms. The highest BCUT2D eigenvalue weighted by Crippen LogP contribution is 2.48. The highest BCUT2D eigenvalue weighted by atomic mass is 16.7. The Hall–Kier alpha value is -1.55. The summed E-state index contributed by atoms with van der Waals surface area (Å²) in [5, 5.41) is 10.3. The summed E-state index contributed by atoms with van der Waals surface area (Å²) in [5.74, 6) is 0.508. The van der Waals surface area contributed by atoms with Crippen molar-refractivity contribution >= 4 is 5.78 Å². The molecule has 1 aromatic carbocycles. The second-order valence-electron chi connectivity index (χ2n) is 5.71. The fourth-order valence-corrected chi connectivity index (χ4v) is 3.16. The Kier molecular flexibility index (Phi) is 2.61. The number of carbonyl (C=O) groups is 1. The predicted molar refractivity (Wildman–Crippen MR) is 69.5 cm³/mol. The molecular weight excluding hydrogens is 244 g/mol. The van der Waals surface area contributed by atoms with Crippen LogP contribution in [-0.4, -0.2) is 23.3 Å². The van der Waals surface area contributed by atoms with E-state index >= 15 is 0 Å². The van der Waals surface area contributed by atoms with Crippen LogP contribution in [0, 0.1) is 11.8 Å². The van der Waals surface area contributed by atoms with Crippen molar-refractivity contribution in [3.05, 3.63) is 23.3 Å². The fourth-order valence-electron chi connectivity index (χ4n) is 3.16. The number of phenols is 1. The van der Waals surface area contributed by atoms with Gasteiger partial charge in [0.05, 0.1) is 12.2 Å². The van der Waals surface area contributed by atoms with E-state index in [0.717, 1.165) is 5.56 Å². The third kappa shape index (κ3) is 1.74. The van der Waals surface area contributed by atoms with Gasteiger partial charge in [0.25, 0.3) is 0 Å². The van der Waals surface area contributed by atoms with Crippen LogP contribution >= 0.6 is 0 Å². The number of rotatable bonds is 1. The summed E-state index contributed by atoms with van der Waals surface area (Å²) in [6, 6.07) is 3.36. The van der Waals surface area contributed by atoms with Crippen LogP contribution in [0.25, 0.3) is 0 Å². The minimum Gasteiger partial charge on any atom is -0.507 e. The molecule has 0 saturated carbocycles. The summed E-state index contributed by atoms with van der Waals surface area (Å²) in [7, 11) is 0. The maximum Gasteiger partial charge on any atom is 0.211 e. The summed E-state index contributed by atoms with van der Waals surface area (Å²) in [6.45, 7) is 6.18. The van der Waals surface area contributed by atoms with E-state index in [1.54, 1.807) is 12.1 Å². The largest absolute Gasteiger partial charge is 0.507 e. The monoisotopic (exact) mass is 262 g/mol. The first-order valence-electron chi connectivity index (χ1n) is 6.61. The van der Waals surface area contributed by atoms with E-state index in [1.165, 1.54) is 6.92 Å². The van der Waals surface area contributed by atoms with Gasteiger partial charge in [0.1, 0.15) is 11.5 Å². The topological polar surface area (TPSA) is 55.8 Å². The fraction of sp³-hybridized carbons (Fsp3) is 0.533. The number of hydrogen-bond donors (Lipinski definition) is 1. The van der Waals surface area contributed by atoms with Gasteiger partial charge < -0.3 is 14.6 Å². The van der Waals surface area contributed by atoms with Crippen LogP contribution in [0.4, 0.5) is 0 Å². The molecule has 0 bridgehead atoms. The van der Waals surface area contributed by atoms with E-state index in [4.69, 9.17) is 9.47 Å². The number of fused-ring (bicyclic) bond motifs is 2. The zero-order valence-electron chi connectivity index (χ0n) is 11.4. The molecule has 0 aromatic heterocycles. The maximum absolute atomic E-state index is 11.5. The van der Waals surface area contributed by atoms with E-state index in [9.17, 15) is 9.90 Å².